The lowest BCUT2D eigenvalue weighted by atomic mass is 9.96. The molecule has 4 N–H and O–H groups in total. The largest absolute Gasteiger partial charge is 0.480 e. The zero-order valence-electron chi connectivity index (χ0n) is 34.3. The highest BCUT2D eigenvalue weighted by Crippen LogP contribution is 2.28. The van der Waals surface area contributed by atoms with E-state index in [1.807, 2.05) is 6.07 Å². The molecule has 1 saturated heterocycles. The van der Waals surface area contributed by atoms with Crippen LogP contribution in [0.25, 0.3) is 0 Å². The Morgan fingerprint density at radius 1 is 0.750 bits per heavy atom. The molecule has 3 amide bonds. The van der Waals surface area contributed by atoms with Gasteiger partial charge in [-0.25, -0.2) is 9.59 Å². The maximum Gasteiger partial charge on any atom is 0.408 e. The van der Waals surface area contributed by atoms with Crippen LogP contribution in [0.4, 0.5) is 4.79 Å². The van der Waals surface area contributed by atoms with Crippen molar-refractivity contribution in [3.8, 4) is 5.75 Å². The van der Waals surface area contributed by atoms with Crippen molar-refractivity contribution in [3.05, 3.63) is 65.7 Å². The number of carboxylic acid groups (broad SMARTS) is 1. The maximum atomic E-state index is 13.7. The van der Waals surface area contributed by atoms with Gasteiger partial charge in [-0.3, -0.25) is 28.8 Å². The van der Waals surface area contributed by atoms with Crippen molar-refractivity contribution < 1.29 is 81.4 Å². The summed E-state index contributed by atoms with van der Waals surface area (Å²) in [7, 11) is 0. The summed E-state index contributed by atoms with van der Waals surface area (Å²) in [6.45, 7) is 7.24. The van der Waals surface area contributed by atoms with Gasteiger partial charge in [0, 0.05) is 27.7 Å². The van der Waals surface area contributed by atoms with Crippen molar-refractivity contribution in [2.45, 2.75) is 110 Å². The second kappa shape index (κ2) is 22.9. The Hall–Kier alpha value is -6.12. The fraction of sp³-hybridized carbons (Fsp3) is 0.500. The van der Waals surface area contributed by atoms with Gasteiger partial charge in [-0.1, -0.05) is 42.5 Å². The number of ether oxygens (including phenoxy) is 8. The van der Waals surface area contributed by atoms with Crippen molar-refractivity contribution in [2.24, 2.45) is 0 Å². The molecule has 0 radical (unpaired) electrons. The lowest BCUT2D eigenvalue weighted by molar-refractivity contribution is -0.278. The van der Waals surface area contributed by atoms with Crippen molar-refractivity contribution in [1.82, 2.24) is 16.0 Å². The molecule has 3 rings (SSSR count). The van der Waals surface area contributed by atoms with Crippen molar-refractivity contribution in [3.63, 3.8) is 0 Å². The number of hydrogen-bond donors (Lipinski definition) is 4. The van der Waals surface area contributed by atoms with E-state index in [4.69, 9.17) is 37.9 Å². The Morgan fingerprint density at radius 2 is 1.38 bits per heavy atom. The minimum atomic E-state index is -1.72. The third-order valence-corrected chi connectivity index (χ3v) is 8.12. The molecule has 0 saturated carbocycles. The molecule has 2 aromatic rings. The van der Waals surface area contributed by atoms with Crippen LogP contribution in [0.5, 0.6) is 5.75 Å². The average Bonchev–Trinajstić information content (AvgIpc) is 3.15. The fourth-order valence-corrected chi connectivity index (χ4v) is 5.50. The number of carboxylic acids is 1. The summed E-state index contributed by atoms with van der Waals surface area (Å²) < 4.78 is 44.1. The Balaban J connectivity index is 1.83. The highest BCUT2D eigenvalue weighted by molar-refractivity contribution is 5.89. The molecule has 7 atom stereocenters. The topological polar surface area (TPSA) is 267 Å². The predicted molar refractivity (Wildman–Crippen MR) is 205 cm³/mol. The molecule has 0 aliphatic carbocycles. The number of esters is 4. The zero-order valence-corrected chi connectivity index (χ0v) is 34.3. The van der Waals surface area contributed by atoms with Gasteiger partial charge in [-0.15, -0.1) is 0 Å². The number of aliphatic carboxylic acids is 1. The van der Waals surface area contributed by atoms with E-state index in [0.717, 1.165) is 33.3 Å². The Labute approximate surface area is 345 Å². The minimum Gasteiger partial charge on any atom is -0.480 e. The Morgan fingerprint density at radius 3 is 1.95 bits per heavy atom. The minimum absolute atomic E-state index is 0.0539. The number of benzene rings is 2. The van der Waals surface area contributed by atoms with Crippen LogP contribution in [-0.2, 0) is 79.7 Å². The highest BCUT2D eigenvalue weighted by Gasteiger charge is 2.51. The van der Waals surface area contributed by atoms with E-state index < -0.39 is 116 Å². The van der Waals surface area contributed by atoms with Gasteiger partial charge in [0.05, 0.1) is 25.2 Å². The SMILES string of the molecule is CC(=O)N[C@H]1[C@H](OC[C@H](NC(=O)OCc2ccc(OC(=O)Cc3ccccc3)cc2)C(=O)N[C@@H](COC(C)(C)C)C(=O)O)O[C@H](COC(C)=O)[C@@H](OC(C)=O)[C@@H]1OC(C)=O. The first-order valence-corrected chi connectivity index (χ1v) is 18.7. The van der Waals surface area contributed by atoms with Gasteiger partial charge in [-0.2, -0.15) is 0 Å². The van der Waals surface area contributed by atoms with Crippen LogP contribution in [0.2, 0.25) is 0 Å². The molecule has 60 heavy (non-hydrogen) atoms. The molecular weight excluding hydrogens is 794 g/mol. The Bertz CT molecular complexity index is 1820. The molecule has 1 aliphatic rings. The quantitative estimate of drug-likeness (QED) is 0.0886. The molecule has 0 unspecified atom stereocenters. The van der Waals surface area contributed by atoms with E-state index in [1.54, 1.807) is 45.0 Å². The van der Waals surface area contributed by atoms with Gasteiger partial charge in [0.15, 0.2) is 24.5 Å². The number of amides is 3. The number of hydrogen-bond acceptors (Lipinski definition) is 16. The van der Waals surface area contributed by atoms with Crippen molar-refractivity contribution in [2.75, 3.05) is 19.8 Å². The van der Waals surface area contributed by atoms with Crippen LogP contribution in [0.15, 0.2) is 54.6 Å². The van der Waals surface area contributed by atoms with Crippen LogP contribution >= 0.6 is 0 Å². The molecule has 1 heterocycles. The summed E-state index contributed by atoms with van der Waals surface area (Å²) in [5.41, 5.74) is 0.448. The first kappa shape index (κ1) is 48.3. The number of nitrogens with one attached hydrogen (secondary N) is 3. The lowest BCUT2D eigenvalue weighted by Crippen LogP contribution is -2.67. The molecule has 328 valence electrons. The third kappa shape index (κ3) is 17.0. The van der Waals surface area contributed by atoms with Gasteiger partial charge in [0.1, 0.15) is 37.2 Å². The van der Waals surface area contributed by atoms with E-state index in [-0.39, 0.29) is 18.8 Å². The lowest BCUT2D eigenvalue weighted by Gasteiger charge is -2.45. The zero-order chi connectivity index (χ0) is 44.6. The number of carbonyl (C=O) groups is 8. The summed E-state index contributed by atoms with van der Waals surface area (Å²) in [5.74, 6) is -5.89. The molecule has 0 bridgehead atoms. The first-order valence-electron chi connectivity index (χ1n) is 18.7. The molecule has 20 heteroatoms. The molecule has 1 aliphatic heterocycles. The smallest absolute Gasteiger partial charge is 0.408 e. The van der Waals surface area contributed by atoms with Crippen LogP contribution in [-0.4, -0.2) is 121 Å². The van der Waals surface area contributed by atoms with Crippen LogP contribution in [0.3, 0.4) is 0 Å². The molecule has 1 fully saturated rings. The highest BCUT2D eigenvalue weighted by atomic mass is 16.7. The van der Waals surface area contributed by atoms with E-state index in [9.17, 15) is 43.5 Å². The van der Waals surface area contributed by atoms with Crippen LogP contribution in [0, 0.1) is 0 Å². The Kier molecular flexibility index (Phi) is 18.4. The van der Waals surface area contributed by atoms with Crippen molar-refractivity contribution >= 4 is 47.8 Å². The van der Waals surface area contributed by atoms with Gasteiger partial charge >= 0.3 is 35.9 Å². The molecular formula is C40H51N3O17. The van der Waals surface area contributed by atoms with Gasteiger partial charge < -0.3 is 59.0 Å². The standard InChI is InChI=1S/C40H51N3O17/c1-22(44)41-33-35(58-25(4)47)34(57-24(3)46)31(21-53-23(2)45)60-38(33)54-19-29(36(49)42-30(37(50)51)20-56-40(5,6)7)43-39(52)55-18-27-13-15-28(16-14-27)59-32(48)17-26-11-9-8-10-12-26/h8-16,29-31,33-35,38H,17-21H2,1-7H3,(H,41,44)(H,42,49)(H,43,52)(H,50,51)/t29-,30-,31+,33+,34+,35+,38+/m0/s1. The summed E-state index contributed by atoms with van der Waals surface area (Å²) >= 11 is 0. The molecule has 0 spiro atoms. The van der Waals surface area contributed by atoms with E-state index in [2.05, 4.69) is 16.0 Å². The summed E-state index contributed by atoms with van der Waals surface area (Å²) in [6, 6.07) is 10.3. The van der Waals surface area contributed by atoms with Crippen LogP contribution in [0.1, 0.15) is 59.6 Å². The van der Waals surface area contributed by atoms with E-state index >= 15 is 0 Å². The first-order chi connectivity index (χ1) is 28.2. The van der Waals surface area contributed by atoms with E-state index in [0.29, 0.717) is 5.56 Å². The second-order valence-corrected chi connectivity index (χ2v) is 14.4. The van der Waals surface area contributed by atoms with Gasteiger partial charge in [-0.05, 0) is 44.0 Å². The summed E-state index contributed by atoms with van der Waals surface area (Å²) in [6.07, 6.45) is -7.03. The fourth-order valence-electron chi connectivity index (χ4n) is 5.50. The van der Waals surface area contributed by atoms with Crippen molar-refractivity contribution in [1.29, 1.82) is 0 Å². The monoisotopic (exact) mass is 845 g/mol. The predicted octanol–water partition coefficient (Wildman–Crippen LogP) is 1.49. The molecule has 2 aromatic carbocycles. The maximum absolute atomic E-state index is 13.7. The van der Waals surface area contributed by atoms with Crippen LogP contribution < -0.4 is 20.7 Å². The van der Waals surface area contributed by atoms with Gasteiger partial charge in [0.25, 0.3) is 0 Å². The summed E-state index contributed by atoms with van der Waals surface area (Å²) in [5, 5.41) is 17.0. The average molecular weight is 846 g/mol. The third-order valence-electron chi connectivity index (χ3n) is 8.12. The second-order valence-electron chi connectivity index (χ2n) is 14.4. The van der Waals surface area contributed by atoms with Gasteiger partial charge in [0.2, 0.25) is 11.8 Å². The molecule has 20 nitrogen and oxygen atoms in total. The summed E-state index contributed by atoms with van der Waals surface area (Å²) in [4.78, 5) is 99.8. The number of carbonyl (C=O) groups excluding carboxylic acids is 7. The van der Waals surface area contributed by atoms with E-state index in [1.165, 1.54) is 24.3 Å². The number of alkyl carbamates (subject to hydrolysis) is 1. The number of rotatable bonds is 19. The molecule has 0 aromatic heterocycles. The normalized spacial score (nSPS) is 19.6.